The Labute approximate surface area is 195 Å². The standard InChI is InChI=1S/C18H19Br4O4P/c1-23-8-25-17-12(3-10(19)5-15(17)21)14(7-27)13-4-11(20)6-16(22)18(13)26-9-24-2/h3-6,14H,7-9,27H2,1-2H3. The summed E-state index contributed by atoms with van der Waals surface area (Å²) in [7, 11) is 6.01. The summed E-state index contributed by atoms with van der Waals surface area (Å²) in [5, 5.41) is 0. The highest BCUT2D eigenvalue weighted by Gasteiger charge is 2.25. The molecule has 0 radical (unpaired) electrons. The number of rotatable bonds is 9. The molecule has 2 aromatic carbocycles. The Balaban J connectivity index is 2.63. The second-order valence-electron chi connectivity index (χ2n) is 5.50. The van der Waals surface area contributed by atoms with Gasteiger partial charge >= 0.3 is 0 Å². The lowest BCUT2D eigenvalue weighted by atomic mass is 9.91. The van der Waals surface area contributed by atoms with Gasteiger partial charge in [-0.15, -0.1) is 9.24 Å². The monoisotopic (exact) mass is 646 g/mol. The third kappa shape index (κ3) is 6.14. The van der Waals surface area contributed by atoms with Crippen molar-refractivity contribution in [2.75, 3.05) is 34.0 Å². The Morgan fingerprint density at radius 1 is 0.778 bits per heavy atom. The van der Waals surface area contributed by atoms with Crippen molar-refractivity contribution in [1.29, 1.82) is 0 Å². The Morgan fingerprint density at radius 2 is 1.19 bits per heavy atom. The molecule has 2 aromatic rings. The number of methoxy groups -OCH3 is 2. The molecule has 0 fully saturated rings. The lowest BCUT2D eigenvalue weighted by molar-refractivity contribution is 0.0489. The molecule has 0 aliphatic heterocycles. The van der Waals surface area contributed by atoms with Crippen molar-refractivity contribution in [1.82, 2.24) is 0 Å². The quantitative estimate of drug-likeness (QED) is 0.224. The topological polar surface area (TPSA) is 36.9 Å². The molecule has 0 aromatic heterocycles. The first-order valence-electron chi connectivity index (χ1n) is 7.84. The lowest BCUT2D eigenvalue weighted by Crippen LogP contribution is -2.11. The highest BCUT2D eigenvalue weighted by atomic mass is 79.9. The van der Waals surface area contributed by atoms with Crippen molar-refractivity contribution in [3.63, 3.8) is 0 Å². The van der Waals surface area contributed by atoms with Gasteiger partial charge in [-0.05, 0) is 62.3 Å². The molecule has 27 heavy (non-hydrogen) atoms. The van der Waals surface area contributed by atoms with Crippen molar-refractivity contribution < 1.29 is 18.9 Å². The van der Waals surface area contributed by atoms with E-state index in [0.717, 1.165) is 46.7 Å². The zero-order valence-electron chi connectivity index (χ0n) is 14.7. The van der Waals surface area contributed by atoms with Crippen molar-refractivity contribution in [2.24, 2.45) is 0 Å². The molecule has 9 heteroatoms. The second kappa shape index (κ2) is 11.5. The van der Waals surface area contributed by atoms with Crippen LogP contribution in [0.15, 0.2) is 42.2 Å². The molecule has 1 unspecified atom stereocenters. The third-order valence-electron chi connectivity index (χ3n) is 3.70. The van der Waals surface area contributed by atoms with Gasteiger partial charge in [0.1, 0.15) is 11.5 Å². The molecular formula is C18H19Br4O4P. The smallest absolute Gasteiger partial charge is 0.188 e. The van der Waals surface area contributed by atoms with Gasteiger partial charge in [-0.2, -0.15) is 0 Å². The van der Waals surface area contributed by atoms with Gasteiger partial charge in [-0.3, -0.25) is 0 Å². The molecule has 0 spiro atoms. The van der Waals surface area contributed by atoms with Crippen molar-refractivity contribution >= 4 is 73.0 Å². The number of hydrogen-bond acceptors (Lipinski definition) is 4. The van der Waals surface area contributed by atoms with Crippen LogP contribution >= 0.6 is 73.0 Å². The zero-order valence-corrected chi connectivity index (χ0v) is 22.2. The molecule has 4 nitrogen and oxygen atoms in total. The molecule has 2 rings (SSSR count). The van der Waals surface area contributed by atoms with Crippen LogP contribution in [0, 0.1) is 0 Å². The van der Waals surface area contributed by atoms with Gasteiger partial charge in [0.15, 0.2) is 13.6 Å². The summed E-state index contributed by atoms with van der Waals surface area (Å²) in [5.74, 6) is 1.47. The molecule has 0 bridgehead atoms. The Morgan fingerprint density at radius 3 is 1.52 bits per heavy atom. The first-order chi connectivity index (χ1) is 12.9. The van der Waals surface area contributed by atoms with E-state index < -0.39 is 0 Å². The Kier molecular flexibility index (Phi) is 10.0. The Hall–Kier alpha value is 0.310. The largest absolute Gasteiger partial charge is 0.466 e. The molecule has 0 heterocycles. The SMILES string of the molecule is COCOc1c(Br)cc(Br)cc1C(CP)c1cc(Br)cc(Br)c1OCOC. The fraction of sp³-hybridized carbons (Fsp3) is 0.333. The summed E-state index contributed by atoms with van der Waals surface area (Å²) < 4.78 is 25.5. The predicted octanol–water partition coefficient (Wildman–Crippen LogP) is 6.71. The minimum atomic E-state index is -0.00341. The van der Waals surface area contributed by atoms with E-state index in [-0.39, 0.29) is 19.5 Å². The van der Waals surface area contributed by atoms with E-state index in [9.17, 15) is 0 Å². The van der Waals surface area contributed by atoms with Crippen LogP contribution in [-0.4, -0.2) is 34.0 Å². The minimum Gasteiger partial charge on any atom is -0.466 e. The van der Waals surface area contributed by atoms with E-state index in [1.807, 2.05) is 12.1 Å². The van der Waals surface area contributed by atoms with Crippen molar-refractivity contribution in [3.8, 4) is 11.5 Å². The van der Waals surface area contributed by atoms with Crippen LogP contribution in [0.25, 0.3) is 0 Å². The maximum absolute atomic E-state index is 5.87. The highest BCUT2D eigenvalue weighted by molar-refractivity contribution is 9.11. The van der Waals surface area contributed by atoms with Gasteiger partial charge in [0.2, 0.25) is 0 Å². The minimum absolute atomic E-state index is 0.00341. The van der Waals surface area contributed by atoms with E-state index in [1.54, 1.807) is 14.2 Å². The summed E-state index contributed by atoms with van der Waals surface area (Å²) in [6, 6.07) is 8.01. The first kappa shape index (κ1) is 23.6. The maximum atomic E-state index is 5.87. The van der Waals surface area contributed by atoms with Gasteiger partial charge < -0.3 is 18.9 Å². The number of ether oxygens (including phenoxy) is 4. The molecule has 0 saturated heterocycles. The fourth-order valence-electron chi connectivity index (χ4n) is 2.64. The summed E-state index contributed by atoms with van der Waals surface area (Å²) in [4.78, 5) is 0. The van der Waals surface area contributed by atoms with Crippen LogP contribution in [0.1, 0.15) is 17.0 Å². The van der Waals surface area contributed by atoms with Crippen molar-refractivity contribution in [2.45, 2.75) is 5.92 Å². The van der Waals surface area contributed by atoms with Gasteiger partial charge in [-0.1, -0.05) is 31.9 Å². The van der Waals surface area contributed by atoms with Crippen molar-refractivity contribution in [3.05, 3.63) is 53.3 Å². The summed E-state index contributed by atoms with van der Waals surface area (Å²) in [6.07, 6.45) is 0.762. The number of hydrogen-bond donors (Lipinski definition) is 0. The number of halogens is 4. The zero-order chi connectivity index (χ0) is 20.0. The summed E-state index contributed by atoms with van der Waals surface area (Å²) in [6.45, 7) is 0.317. The molecular weight excluding hydrogens is 631 g/mol. The molecule has 0 aliphatic rings. The fourth-order valence-corrected chi connectivity index (χ4v) is 5.89. The molecule has 148 valence electrons. The second-order valence-corrected chi connectivity index (χ2v) is 9.51. The molecule has 0 aliphatic carbocycles. The number of benzene rings is 2. The molecule has 0 saturated carbocycles. The highest BCUT2D eigenvalue weighted by Crippen LogP contribution is 2.45. The van der Waals surface area contributed by atoms with Gasteiger partial charge in [0.25, 0.3) is 0 Å². The molecule has 1 atom stereocenters. The van der Waals surface area contributed by atoms with E-state index >= 15 is 0 Å². The predicted molar refractivity (Wildman–Crippen MR) is 125 cm³/mol. The van der Waals surface area contributed by atoms with Crippen LogP contribution in [0.4, 0.5) is 0 Å². The molecule has 0 N–H and O–H groups in total. The van der Waals surface area contributed by atoms with Gasteiger partial charge in [0, 0.05) is 40.2 Å². The van der Waals surface area contributed by atoms with Crippen LogP contribution < -0.4 is 9.47 Å². The average molecular weight is 650 g/mol. The van der Waals surface area contributed by atoms with Crippen LogP contribution in [-0.2, 0) is 9.47 Å². The van der Waals surface area contributed by atoms with Gasteiger partial charge in [0.05, 0.1) is 8.95 Å². The van der Waals surface area contributed by atoms with Crippen LogP contribution in [0.5, 0.6) is 11.5 Å². The van der Waals surface area contributed by atoms with E-state index in [0.29, 0.717) is 0 Å². The van der Waals surface area contributed by atoms with Crippen LogP contribution in [0.2, 0.25) is 0 Å². The first-order valence-corrected chi connectivity index (χ1v) is 11.8. The van der Waals surface area contributed by atoms with Gasteiger partial charge in [-0.25, -0.2) is 0 Å². The molecule has 0 amide bonds. The van der Waals surface area contributed by atoms with E-state index in [4.69, 9.17) is 18.9 Å². The normalized spacial score (nSPS) is 11.1. The lowest BCUT2D eigenvalue weighted by Gasteiger charge is -2.24. The maximum Gasteiger partial charge on any atom is 0.188 e. The third-order valence-corrected chi connectivity index (χ3v) is 6.27. The summed E-state index contributed by atoms with van der Waals surface area (Å²) in [5.41, 5.74) is 2.02. The van der Waals surface area contributed by atoms with Crippen LogP contribution in [0.3, 0.4) is 0 Å². The van der Waals surface area contributed by atoms with E-state index in [1.165, 1.54) is 0 Å². The Bertz CT molecular complexity index is 725. The van der Waals surface area contributed by atoms with E-state index in [2.05, 4.69) is 85.1 Å². The summed E-state index contributed by atoms with van der Waals surface area (Å²) >= 11 is 14.4. The average Bonchev–Trinajstić information content (AvgIpc) is 2.60.